The molecule has 3 heterocycles. The first kappa shape index (κ1) is 42.7. The molecule has 2 fully saturated rings. The summed E-state index contributed by atoms with van der Waals surface area (Å²) in [5.74, 6) is 2.09. The van der Waals surface area contributed by atoms with Gasteiger partial charge in [0.05, 0.1) is 37.1 Å². The molecule has 10 nitrogen and oxygen atoms in total. The summed E-state index contributed by atoms with van der Waals surface area (Å²) in [6.07, 6.45) is 10.7. The van der Waals surface area contributed by atoms with Gasteiger partial charge in [-0.2, -0.15) is 25.5 Å². The molecule has 0 spiro atoms. The maximum atomic E-state index is 10.3. The highest BCUT2D eigenvalue weighted by atomic mass is 15.4. The summed E-state index contributed by atoms with van der Waals surface area (Å²) in [5.41, 5.74) is -0.433. The minimum atomic E-state index is -0.159. The van der Waals surface area contributed by atoms with Crippen molar-refractivity contribution in [1.82, 2.24) is 25.6 Å². The molecule has 288 valence electrons. The number of nitrogens with zero attached hydrogens (tertiary/aromatic N) is 8. The van der Waals surface area contributed by atoms with Gasteiger partial charge in [0.2, 0.25) is 17.8 Å². The van der Waals surface area contributed by atoms with E-state index in [0.29, 0.717) is 24.7 Å². The Hall–Kier alpha value is -2.69. The molecule has 0 aliphatic carbocycles. The Kier molecular flexibility index (Phi) is 15.4. The summed E-state index contributed by atoms with van der Waals surface area (Å²) in [5, 5.41) is 28.1. The molecule has 4 unspecified atom stereocenters. The van der Waals surface area contributed by atoms with Gasteiger partial charge in [-0.1, -0.05) is 68.2 Å². The van der Waals surface area contributed by atoms with Gasteiger partial charge in [0, 0.05) is 36.3 Å². The molecule has 1 aromatic rings. The lowest BCUT2D eigenvalue weighted by atomic mass is 9.77. The fraction of sp³-hybridized carbons (Fsp3) is 0.878. The lowest BCUT2D eigenvalue weighted by molar-refractivity contribution is 0.203. The Labute approximate surface area is 312 Å². The lowest BCUT2D eigenvalue weighted by Gasteiger charge is -2.50. The first-order chi connectivity index (χ1) is 24.0. The van der Waals surface area contributed by atoms with E-state index in [2.05, 4.69) is 121 Å². The van der Waals surface area contributed by atoms with Crippen LogP contribution in [-0.4, -0.2) is 76.4 Å². The van der Waals surface area contributed by atoms with Crippen molar-refractivity contribution in [3.63, 3.8) is 0 Å². The van der Waals surface area contributed by atoms with E-state index >= 15 is 0 Å². The van der Waals surface area contributed by atoms with Crippen LogP contribution in [0.5, 0.6) is 0 Å². The highest BCUT2D eigenvalue weighted by Gasteiger charge is 2.44. The van der Waals surface area contributed by atoms with E-state index in [-0.39, 0.29) is 46.1 Å². The SMILES string of the molecule is CCCCN(CCCC)c1nc(N(C2CCNC(C)(C)C2)C(CC#N)C(C)(C)CC)nc(N(C2CCNC(C)(C)C2)C(CC#N)C(C)(C)CC)n1. The van der Waals surface area contributed by atoms with Crippen molar-refractivity contribution in [1.29, 1.82) is 10.5 Å². The average Bonchev–Trinajstić information content (AvgIpc) is 3.07. The summed E-state index contributed by atoms with van der Waals surface area (Å²) in [6, 6.07) is 5.31. The van der Waals surface area contributed by atoms with Gasteiger partial charge in [-0.15, -0.1) is 0 Å². The maximum Gasteiger partial charge on any atom is 0.232 e. The number of hydrogen-bond acceptors (Lipinski definition) is 10. The molecule has 0 radical (unpaired) electrons. The van der Waals surface area contributed by atoms with Crippen molar-refractivity contribution >= 4 is 17.8 Å². The van der Waals surface area contributed by atoms with Crippen LogP contribution in [0.2, 0.25) is 0 Å². The largest absolute Gasteiger partial charge is 0.341 e. The zero-order valence-electron chi connectivity index (χ0n) is 34.7. The molecule has 51 heavy (non-hydrogen) atoms. The van der Waals surface area contributed by atoms with Crippen LogP contribution in [0.25, 0.3) is 0 Å². The van der Waals surface area contributed by atoms with Crippen molar-refractivity contribution in [3.05, 3.63) is 0 Å². The molecule has 2 N–H and O–H groups in total. The van der Waals surface area contributed by atoms with Crippen LogP contribution in [-0.2, 0) is 0 Å². The molecule has 2 saturated heterocycles. The molecule has 0 bridgehead atoms. The second kappa shape index (κ2) is 18.4. The number of nitriles is 2. The molecule has 1 aromatic heterocycles. The molecule has 3 rings (SSSR count). The van der Waals surface area contributed by atoms with Crippen molar-refractivity contribution in [2.45, 2.75) is 195 Å². The maximum absolute atomic E-state index is 10.3. The number of aromatic nitrogens is 3. The van der Waals surface area contributed by atoms with Crippen molar-refractivity contribution < 1.29 is 0 Å². The first-order valence-corrected chi connectivity index (χ1v) is 20.3. The zero-order valence-corrected chi connectivity index (χ0v) is 34.7. The summed E-state index contributed by atoms with van der Waals surface area (Å²) in [7, 11) is 0. The van der Waals surface area contributed by atoms with Crippen molar-refractivity contribution in [3.8, 4) is 12.1 Å². The van der Waals surface area contributed by atoms with Gasteiger partial charge in [-0.05, 0) is 103 Å². The number of piperidine rings is 2. The third kappa shape index (κ3) is 11.2. The van der Waals surface area contributed by atoms with Gasteiger partial charge in [0.15, 0.2) is 0 Å². The number of hydrogen-bond donors (Lipinski definition) is 2. The minimum absolute atomic E-state index is 0.0581. The summed E-state index contributed by atoms with van der Waals surface area (Å²) < 4.78 is 0. The predicted molar refractivity (Wildman–Crippen MR) is 213 cm³/mol. The van der Waals surface area contributed by atoms with E-state index < -0.39 is 0 Å². The van der Waals surface area contributed by atoms with E-state index in [1.165, 1.54) is 0 Å². The third-order valence-electron chi connectivity index (χ3n) is 12.2. The van der Waals surface area contributed by atoms with E-state index in [9.17, 15) is 10.5 Å². The normalized spacial score (nSPS) is 21.6. The summed E-state index contributed by atoms with van der Waals surface area (Å²) >= 11 is 0. The highest BCUT2D eigenvalue weighted by Crippen LogP contribution is 2.41. The highest BCUT2D eigenvalue weighted by molar-refractivity contribution is 5.50. The van der Waals surface area contributed by atoms with Crippen LogP contribution in [0.4, 0.5) is 17.8 Å². The number of rotatable bonds is 19. The fourth-order valence-corrected chi connectivity index (χ4v) is 8.14. The van der Waals surface area contributed by atoms with Gasteiger partial charge >= 0.3 is 0 Å². The van der Waals surface area contributed by atoms with E-state index in [0.717, 1.165) is 96.3 Å². The minimum Gasteiger partial charge on any atom is -0.341 e. The third-order valence-corrected chi connectivity index (χ3v) is 12.2. The van der Waals surface area contributed by atoms with Gasteiger partial charge in [0.1, 0.15) is 0 Å². The van der Waals surface area contributed by atoms with Gasteiger partial charge in [0.25, 0.3) is 0 Å². The van der Waals surface area contributed by atoms with Crippen LogP contribution in [0.1, 0.15) is 160 Å². The van der Waals surface area contributed by atoms with Crippen LogP contribution in [0, 0.1) is 33.5 Å². The Morgan fingerprint density at radius 3 is 1.37 bits per heavy atom. The Morgan fingerprint density at radius 2 is 1.06 bits per heavy atom. The average molecular weight is 707 g/mol. The molecule has 10 heteroatoms. The Morgan fingerprint density at radius 1 is 0.686 bits per heavy atom. The Balaban J connectivity index is 2.46. The molecular weight excluding hydrogens is 633 g/mol. The van der Waals surface area contributed by atoms with Crippen molar-refractivity contribution in [2.24, 2.45) is 10.8 Å². The lowest BCUT2D eigenvalue weighted by Crippen LogP contribution is -2.59. The van der Waals surface area contributed by atoms with Crippen LogP contribution >= 0.6 is 0 Å². The van der Waals surface area contributed by atoms with Crippen LogP contribution in [0.15, 0.2) is 0 Å². The first-order valence-electron chi connectivity index (χ1n) is 20.3. The van der Waals surface area contributed by atoms with E-state index in [1.807, 2.05) is 0 Å². The molecule has 4 atom stereocenters. The van der Waals surface area contributed by atoms with Crippen LogP contribution < -0.4 is 25.3 Å². The van der Waals surface area contributed by atoms with Crippen LogP contribution in [0.3, 0.4) is 0 Å². The molecule has 2 aliphatic heterocycles. The Bertz CT molecular complexity index is 1210. The van der Waals surface area contributed by atoms with E-state index in [4.69, 9.17) is 15.0 Å². The monoisotopic (exact) mass is 707 g/mol. The predicted octanol–water partition coefficient (Wildman–Crippen LogP) is 8.39. The zero-order chi connectivity index (χ0) is 38.0. The number of nitrogens with one attached hydrogen (secondary N) is 2. The molecular formula is C41H74N10. The molecule has 2 aliphatic rings. The topological polar surface area (TPSA) is 120 Å². The summed E-state index contributed by atoms with van der Waals surface area (Å²) in [6.45, 7) is 30.8. The second-order valence-corrected chi connectivity index (χ2v) is 18.1. The van der Waals surface area contributed by atoms with Gasteiger partial charge < -0.3 is 25.3 Å². The van der Waals surface area contributed by atoms with Crippen molar-refractivity contribution in [2.75, 3.05) is 40.9 Å². The van der Waals surface area contributed by atoms with Gasteiger partial charge in [-0.3, -0.25) is 0 Å². The smallest absolute Gasteiger partial charge is 0.232 e. The standard InChI is InChI=1S/C41H74N10/c1-13-17-27-49(28-18-14-2)35-46-36(50(31-21-25-44-40(9,10)29-31)33(19-23-42)38(5,6)15-3)48-37(47-35)51(32-22-26-45-41(11,12)30-32)34(20-24-43)39(7,8)16-4/h31-34,44-45H,13-22,25-30H2,1-12H3. The van der Waals surface area contributed by atoms with Gasteiger partial charge in [-0.25, -0.2) is 0 Å². The van der Waals surface area contributed by atoms with E-state index in [1.54, 1.807) is 0 Å². The molecule has 0 amide bonds. The molecule has 0 saturated carbocycles. The fourth-order valence-electron chi connectivity index (χ4n) is 8.14. The quantitative estimate of drug-likeness (QED) is 0.145. The summed E-state index contributed by atoms with van der Waals surface area (Å²) in [4.78, 5) is 23.8. The number of unbranched alkanes of at least 4 members (excludes halogenated alkanes) is 2. The molecule has 0 aromatic carbocycles. The second-order valence-electron chi connectivity index (χ2n) is 18.1. The number of anilines is 3.